The first-order valence-corrected chi connectivity index (χ1v) is 8.13. The summed E-state index contributed by atoms with van der Waals surface area (Å²) < 4.78 is 77.5. The summed E-state index contributed by atoms with van der Waals surface area (Å²) in [6.07, 6.45) is 0. The smallest absolute Gasteiger partial charge is 0.310 e. The van der Waals surface area contributed by atoms with Gasteiger partial charge in [-0.05, 0) is 29.8 Å². The minimum atomic E-state index is -9.75. The molecule has 2 aromatic carbocycles. The number of nitrogens with two attached hydrogens (primary N) is 2. The lowest BCUT2D eigenvalue weighted by Crippen LogP contribution is -2.08. The molecule has 0 spiro atoms. The molecule has 2 rings (SSSR count). The topological polar surface area (TPSA) is 64.1 Å². The van der Waals surface area contributed by atoms with Crippen molar-refractivity contribution in [1.82, 2.24) is 0 Å². The summed E-state index contributed by atoms with van der Waals surface area (Å²) in [5.41, 5.74) is 10.3. The number of benzene rings is 2. The summed E-state index contributed by atoms with van der Waals surface area (Å²) in [5, 5.41) is 2.49. The molecule has 0 saturated heterocycles. The number of nitrogens with one attached hydrogen (secondary N) is 1. The first-order chi connectivity index (χ1) is 10.3. The zero-order valence-corrected chi connectivity index (χ0v) is 12.3. The molecule has 0 aliphatic rings. The number of nitrogen functional groups attached to an aromatic ring is 2. The van der Waals surface area contributed by atoms with Gasteiger partial charge in [-0.1, -0.05) is 31.6 Å². The van der Waals surface area contributed by atoms with Crippen LogP contribution in [0.4, 0.5) is 40.9 Å². The molecule has 0 aromatic heterocycles. The van der Waals surface area contributed by atoms with Crippen LogP contribution in [0.15, 0.2) is 41.3 Å². The lowest BCUT2D eigenvalue weighted by molar-refractivity contribution is 0.364. The summed E-state index contributed by atoms with van der Waals surface area (Å²) in [6.45, 7) is -0.304. The highest BCUT2D eigenvalue weighted by molar-refractivity contribution is 8.45. The minimum Gasteiger partial charge on any atom is -0.397 e. The predicted octanol–water partition coefficient (Wildman–Crippen LogP) is 5.26. The number of hydrogen-bond acceptors (Lipinski definition) is 3. The molecule has 23 heavy (non-hydrogen) atoms. The first kappa shape index (κ1) is 17.1. The van der Waals surface area contributed by atoms with E-state index in [4.69, 9.17) is 11.5 Å². The summed E-state index contributed by atoms with van der Waals surface area (Å²) >= 11 is 0. The Morgan fingerprint density at radius 2 is 1.61 bits per heavy atom. The van der Waals surface area contributed by atoms with Crippen molar-refractivity contribution in [2.75, 3.05) is 16.8 Å². The zero-order chi connectivity index (χ0) is 17.5. The van der Waals surface area contributed by atoms with E-state index < -0.39 is 20.9 Å². The van der Waals surface area contributed by atoms with Gasteiger partial charge in [0.1, 0.15) is 4.90 Å². The van der Waals surface area contributed by atoms with Gasteiger partial charge in [0.15, 0.2) is 5.82 Å². The van der Waals surface area contributed by atoms with Crippen LogP contribution in [0, 0.1) is 5.82 Å². The number of rotatable bonds is 4. The van der Waals surface area contributed by atoms with Crippen LogP contribution in [0.25, 0.3) is 0 Å². The zero-order valence-electron chi connectivity index (χ0n) is 11.5. The maximum absolute atomic E-state index is 13.8. The third-order valence-corrected chi connectivity index (χ3v) is 4.19. The predicted molar refractivity (Wildman–Crippen MR) is 80.4 cm³/mol. The molecular formula is C13H13F6N3S. The number of hydrogen-bond donors (Lipinski definition) is 3. The SMILES string of the molecule is Nc1ccc(NCc2cccc(S(F)(F)(F)(F)F)c2)c(F)c1N. The molecule has 0 heterocycles. The molecule has 5 N–H and O–H groups in total. The highest BCUT2D eigenvalue weighted by atomic mass is 32.5. The molecule has 128 valence electrons. The van der Waals surface area contributed by atoms with Gasteiger partial charge in [0, 0.05) is 6.54 Å². The van der Waals surface area contributed by atoms with E-state index >= 15 is 0 Å². The molecule has 0 aliphatic carbocycles. The van der Waals surface area contributed by atoms with E-state index in [1.165, 1.54) is 18.2 Å². The van der Waals surface area contributed by atoms with Gasteiger partial charge in [0.2, 0.25) is 0 Å². The average molecular weight is 357 g/mol. The number of halogens is 6. The van der Waals surface area contributed by atoms with Crippen LogP contribution in [0.5, 0.6) is 0 Å². The fraction of sp³-hybridized carbons (Fsp3) is 0.0769. The lowest BCUT2D eigenvalue weighted by Gasteiger charge is -2.40. The van der Waals surface area contributed by atoms with Crippen molar-refractivity contribution in [3.63, 3.8) is 0 Å². The van der Waals surface area contributed by atoms with E-state index in [1.54, 1.807) is 0 Å². The minimum absolute atomic E-state index is 0.0101. The van der Waals surface area contributed by atoms with Crippen LogP contribution in [0.3, 0.4) is 0 Å². The monoisotopic (exact) mass is 357 g/mol. The van der Waals surface area contributed by atoms with Gasteiger partial charge >= 0.3 is 10.2 Å². The Kier molecular flexibility index (Phi) is 3.45. The van der Waals surface area contributed by atoms with Crippen molar-refractivity contribution in [3.05, 3.63) is 47.8 Å². The Balaban J connectivity index is 2.25. The number of anilines is 3. The van der Waals surface area contributed by atoms with Crippen LogP contribution in [-0.4, -0.2) is 0 Å². The molecule has 0 unspecified atom stereocenters. The van der Waals surface area contributed by atoms with E-state index in [2.05, 4.69) is 5.32 Å². The van der Waals surface area contributed by atoms with Crippen molar-refractivity contribution < 1.29 is 23.8 Å². The molecule has 0 aliphatic heterocycles. The van der Waals surface area contributed by atoms with Crippen molar-refractivity contribution in [3.8, 4) is 0 Å². The van der Waals surface area contributed by atoms with Crippen molar-refractivity contribution in [1.29, 1.82) is 0 Å². The van der Waals surface area contributed by atoms with E-state index in [9.17, 15) is 23.8 Å². The van der Waals surface area contributed by atoms with Gasteiger partial charge in [0.05, 0.1) is 17.1 Å². The molecule has 10 heteroatoms. The molecule has 0 bridgehead atoms. The van der Waals surface area contributed by atoms with Crippen LogP contribution < -0.4 is 16.8 Å². The summed E-state index contributed by atoms with van der Waals surface area (Å²) in [4.78, 5) is -2.00. The van der Waals surface area contributed by atoms with Gasteiger partial charge in [-0.15, -0.1) is 0 Å². The average Bonchev–Trinajstić information content (AvgIpc) is 2.42. The second-order valence-corrected chi connectivity index (χ2v) is 7.31. The standard InChI is InChI=1S/C13H13F6N3S/c14-12-11(5-4-10(20)13(12)21)22-7-8-2-1-3-9(6-8)23(15,16,17,18)19/h1-6,22H,7,20-21H2. The molecule has 0 atom stereocenters. The third kappa shape index (κ3) is 3.95. The lowest BCUT2D eigenvalue weighted by atomic mass is 10.2. The summed E-state index contributed by atoms with van der Waals surface area (Å²) in [6, 6.07) is 5.25. The Morgan fingerprint density at radius 1 is 0.957 bits per heavy atom. The fourth-order valence-corrected chi connectivity index (χ4v) is 2.55. The van der Waals surface area contributed by atoms with Crippen molar-refractivity contribution in [2.45, 2.75) is 11.4 Å². The van der Waals surface area contributed by atoms with Crippen LogP contribution in [-0.2, 0) is 6.54 Å². The molecule has 0 saturated carbocycles. The second kappa shape index (κ2) is 4.63. The molecule has 3 nitrogen and oxygen atoms in total. The quantitative estimate of drug-likeness (QED) is 0.517. The maximum atomic E-state index is 13.8. The van der Waals surface area contributed by atoms with Gasteiger partial charge in [-0.3, -0.25) is 0 Å². The Morgan fingerprint density at radius 3 is 2.22 bits per heavy atom. The summed E-state index contributed by atoms with van der Waals surface area (Å²) in [7, 11) is -9.75. The first-order valence-electron chi connectivity index (χ1n) is 6.18. The molecule has 0 radical (unpaired) electrons. The van der Waals surface area contributed by atoms with Gasteiger partial charge in [-0.25, -0.2) is 4.39 Å². The molecule has 2 aromatic rings. The Bertz CT molecular complexity index is 760. The van der Waals surface area contributed by atoms with Crippen LogP contribution >= 0.6 is 10.2 Å². The van der Waals surface area contributed by atoms with Gasteiger partial charge in [0.25, 0.3) is 0 Å². The summed E-state index contributed by atoms with van der Waals surface area (Å²) in [5.74, 6) is -0.867. The van der Waals surface area contributed by atoms with Gasteiger partial charge < -0.3 is 16.8 Å². The Hall–Kier alpha value is -2.23. The van der Waals surface area contributed by atoms with E-state index in [1.807, 2.05) is 0 Å². The van der Waals surface area contributed by atoms with E-state index in [0.717, 1.165) is 6.07 Å². The molecular weight excluding hydrogens is 344 g/mol. The van der Waals surface area contributed by atoms with Crippen LogP contribution in [0.1, 0.15) is 5.56 Å². The maximum Gasteiger partial charge on any atom is 0.310 e. The molecule has 0 fully saturated rings. The van der Waals surface area contributed by atoms with Crippen LogP contribution in [0.2, 0.25) is 0 Å². The van der Waals surface area contributed by atoms with Crippen molar-refractivity contribution in [2.24, 2.45) is 0 Å². The normalized spacial score (nSPS) is 14.9. The Labute approximate surface area is 128 Å². The van der Waals surface area contributed by atoms with Gasteiger partial charge in [-0.2, -0.15) is 0 Å². The van der Waals surface area contributed by atoms with E-state index in [0.29, 0.717) is 12.1 Å². The van der Waals surface area contributed by atoms with E-state index in [-0.39, 0.29) is 29.2 Å². The molecule has 0 amide bonds. The van der Waals surface area contributed by atoms with Crippen molar-refractivity contribution >= 4 is 27.3 Å². The largest absolute Gasteiger partial charge is 0.397 e. The highest BCUT2D eigenvalue weighted by Crippen LogP contribution is 3.02. The third-order valence-electron chi connectivity index (χ3n) is 3.04. The second-order valence-electron chi connectivity index (χ2n) is 4.90. The highest BCUT2D eigenvalue weighted by Gasteiger charge is 2.65. The fourth-order valence-electron chi connectivity index (χ4n) is 1.84.